The number of halogens is 2. The second-order valence-electron chi connectivity index (χ2n) is 3.91. The molecular formula is C12H18Br2N2. The molecule has 0 heterocycles. The van der Waals surface area contributed by atoms with Gasteiger partial charge in [0.2, 0.25) is 0 Å². The maximum atomic E-state index is 5.86. The highest BCUT2D eigenvalue weighted by atomic mass is 79.9. The molecule has 0 aliphatic rings. The quantitative estimate of drug-likeness (QED) is 0.880. The van der Waals surface area contributed by atoms with Gasteiger partial charge in [0.05, 0.1) is 0 Å². The molecule has 4 heteroatoms. The molecule has 0 aromatic heterocycles. The summed E-state index contributed by atoms with van der Waals surface area (Å²) in [6, 6.07) is 6.61. The van der Waals surface area contributed by atoms with Crippen molar-refractivity contribution in [2.24, 2.45) is 5.73 Å². The summed E-state index contributed by atoms with van der Waals surface area (Å²) in [5, 5.41) is 0. The summed E-state index contributed by atoms with van der Waals surface area (Å²) in [7, 11) is 2.12. The normalized spacial score (nSPS) is 13.1. The van der Waals surface area contributed by atoms with E-state index >= 15 is 0 Å². The Kier molecular flexibility index (Phi) is 5.97. The van der Waals surface area contributed by atoms with E-state index in [1.165, 1.54) is 5.56 Å². The van der Waals surface area contributed by atoms with E-state index in [4.69, 9.17) is 5.73 Å². The monoisotopic (exact) mass is 348 g/mol. The molecule has 0 aliphatic carbocycles. The molecule has 1 aromatic carbocycles. The molecule has 0 aliphatic heterocycles. The Morgan fingerprint density at radius 2 is 2.00 bits per heavy atom. The van der Waals surface area contributed by atoms with Crippen molar-refractivity contribution in [3.05, 3.63) is 32.7 Å². The van der Waals surface area contributed by atoms with Crippen LogP contribution < -0.4 is 5.73 Å². The molecular weight excluding hydrogens is 332 g/mol. The van der Waals surface area contributed by atoms with Gasteiger partial charge in [-0.25, -0.2) is 0 Å². The molecule has 2 nitrogen and oxygen atoms in total. The van der Waals surface area contributed by atoms with Gasteiger partial charge in [-0.1, -0.05) is 13.0 Å². The van der Waals surface area contributed by atoms with E-state index in [1.807, 2.05) is 0 Å². The lowest BCUT2D eigenvalue weighted by atomic mass is 10.1. The molecule has 1 rings (SSSR count). The lowest BCUT2D eigenvalue weighted by Gasteiger charge is -2.27. The minimum atomic E-state index is 0.296. The Morgan fingerprint density at radius 3 is 2.50 bits per heavy atom. The zero-order valence-electron chi connectivity index (χ0n) is 9.71. The van der Waals surface area contributed by atoms with Crippen molar-refractivity contribution in [1.82, 2.24) is 4.90 Å². The first-order valence-corrected chi connectivity index (χ1v) is 7.04. The van der Waals surface area contributed by atoms with Gasteiger partial charge in [-0.05, 0) is 69.6 Å². The molecule has 0 saturated carbocycles. The number of benzene rings is 1. The van der Waals surface area contributed by atoms with Gasteiger partial charge in [0, 0.05) is 21.5 Å². The van der Waals surface area contributed by atoms with E-state index in [-0.39, 0.29) is 0 Å². The number of nitrogens with zero attached hydrogens (tertiary/aromatic N) is 1. The van der Waals surface area contributed by atoms with Gasteiger partial charge >= 0.3 is 0 Å². The predicted octanol–water partition coefficient (Wildman–Crippen LogP) is 3.55. The smallest absolute Gasteiger partial charge is 0.0467 e. The molecule has 16 heavy (non-hydrogen) atoms. The topological polar surface area (TPSA) is 29.3 Å². The average molecular weight is 350 g/mol. The van der Waals surface area contributed by atoms with Crippen LogP contribution >= 0.6 is 31.9 Å². The number of likely N-dealkylation sites (N-methyl/N-ethyl adjacent to an activating group) is 1. The fraction of sp³-hybridized carbons (Fsp3) is 0.500. The SMILES string of the molecule is CCCN(C)C(CN)c1ccc(Br)c(Br)c1. The summed E-state index contributed by atoms with van der Waals surface area (Å²) in [5.74, 6) is 0. The van der Waals surface area contributed by atoms with E-state index in [0.29, 0.717) is 12.6 Å². The summed E-state index contributed by atoms with van der Waals surface area (Å²) in [4.78, 5) is 2.30. The second kappa shape index (κ2) is 6.74. The fourth-order valence-electron chi connectivity index (χ4n) is 1.80. The van der Waals surface area contributed by atoms with Crippen LogP contribution in [0.3, 0.4) is 0 Å². The zero-order chi connectivity index (χ0) is 12.1. The number of hydrogen-bond donors (Lipinski definition) is 1. The summed E-state index contributed by atoms with van der Waals surface area (Å²) in [5.41, 5.74) is 7.11. The average Bonchev–Trinajstić information content (AvgIpc) is 2.25. The number of rotatable bonds is 5. The van der Waals surface area contributed by atoms with Crippen molar-refractivity contribution in [1.29, 1.82) is 0 Å². The molecule has 90 valence electrons. The molecule has 1 atom stereocenters. The molecule has 0 amide bonds. The van der Waals surface area contributed by atoms with Crippen molar-refractivity contribution in [2.75, 3.05) is 20.1 Å². The van der Waals surface area contributed by atoms with E-state index in [1.54, 1.807) is 0 Å². The Bertz CT molecular complexity index is 342. The molecule has 2 N–H and O–H groups in total. The fourth-order valence-corrected chi connectivity index (χ4v) is 2.44. The highest BCUT2D eigenvalue weighted by Crippen LogP contribution is 2.28. The van der Waals surface area contributed by atoms with Crippen molar-refractivity contribution in [3.8, 4) is 0 Å². The van der Waals surface area contributed by atoms with Gasteiger partial charge in [0.1, 0.15) is 0 Å². The Hall–Kier alpha value is 0.1000. The predicted molar refractivity (Wildman–Crippen MR) is 76.6 cm³/mol. The molecule has 1 aromatic rings. The van der Waals surface area contributed by atoms with Gasteiger partial charge in [-0.15, -0.1) is 0 Å². The lowest BCUT2D eigenvalue weighted by Crippen LogP contribution is -2.31. The minimum absolute atomic E-state index is 0.296. The van der Waals surface area contributed by atoms with Crippen molar-refractivity contribution in [3.63, 3.8) is 0 Å². The van der Waals surface area contributed by atoms with Crippen LogP contribution in [0.1, 0.15) is 24.9 Å². The van der Waals surface area contributed by atoms with Crippen molar-refractivity contribution in [2.45, 2.75) is 19.4 Å². The van der Waals surface area contributed by atoms with Crippen LogP contribution in [0.2, 0.25) is 0 Å². The van der Waals surface area contributed by atoms with E-state index < -0.39 is 0 Å². The largest absolute Gasteiger partial charge is 0.329 e. The number of nitrogens with two attached hydrogens (primary N) is 1. The first-order chi connectivity index (χ1) is 7.60. The van der Waals surface area contributed by atoms with Gasteiger partial charge in [0.15, 0.2) is 0 Å². The van der Waals surface area contributed by atoms with Gasteiger partial charge in [0.25, 0.3) is 0 Å². The van der Waals surface area contributed by atoms with E-state index in [0.717, 1.165) is 21.9 Å². The molecule has 0 radical (unpaired) electrons. The van der Waals surface area contributed by atoms with Crippen molar-refractivity contribution < 1.29 is 0 Å². The van der Waals surface area contributed by atoms with Crippen LogP contribution in [0.5, 0.6) is 0 Å². The maximum absolute atomic E-state index is 5.86. The van der Waals surface area contributed by atoms with Crippen LogP contribution in [-0.4, -0.2) is 25.0 Å². The van der Waals surface area contributed by atoms with Crippen LogP contribution in [0.25, 0.3) is 0 Å². The Labute approximate surface area is 114 Å². The Morgan fingerprint density at radius 1 is 1.31 bits per heavy atom. The van der Waals surface area contributed by atoms with Crippen LogP contribution in [0.4, 0.5) is 0 Å². The Balaban J connectivity index is 2.90. The first-order valence-electron chi connectivity index (χ1n) is 5.45. The molecule has 0 bridgehead atoms. The molecule has 1 unspecified atom stereocenters. The molecule has 0 saturated heterocycles. The van der Waals surface area contributed by atoms with Gasteiger partial charge in [-0.3, -0.25) is 4.90 Å². The summed E-state index contributed by atoms with van der Waals surface area (Å²) < 4.78 is 2.15. The standard InChI is InChI=1S/C12H18Br2N2/c1-3-6-16(2)12(8-15)9-4-5-10(13)11(14)7-9/h4-5,7,12H,3,6,8,15H2,1-2H3. The lowest BCUT2D eigenvalue weighted by molar-refractivity contribution is 0.250. The van der Waals surface area contributed by atoms with Gasteiger partial charge in [-0.2, -0.15) is 0 Å². The third kappa shape index (κ3) is 3.55. The number of hydrogen-bond acceptors (Lipinski definition) is 2. The summed E-state index contributed by atoms with van der Waals surface area (Å²) in [6.07, 6.45) is 1.14. The van der Waals surface area contributed by atoms with Crippen molar-refractivity contribution >= 4 is 31.9 Å². The minimum Gasteiger partial charge on any atom is -0.329 e. The van der Waals surface area contributed by atoms with Gasteiger partial charge < -0.3 is 5.73 Å². The van der Waals surface area contributed by atoms with E-state index in [2.05, 4.69) is 68.9 Å². The van der Waals surface area contributed by atoms with Crippen LogP contribution in [-0.2, 0) is 0 Å². The maximum Gasteiger partial charge on any atom is 0.0467 e. The van der Waals surface area contributed by atoms with Crippen LogP contribution in [0, 0.1) is 0 Å². The van der Waals surface area contributed by atoms with E-state index in [9.17, 15) is 0 Å². The van der Waals surface area contributed by atoms with Crippen LogP contribution in [0.15, 0.2) is 27.1 Å². The third-order valence-electron chi connectivity index (χ3n) is 2.66. The third-order valence-corrected chi connectivity index (χ3v) is 4.54. The highest BCUT2D eigenvalue weighted by Gasteiger charge is 2.15. The molecule has 0 spiro atoms. The first kappa shape index (κ1) is 14.2. The summed E-state index contributed by atoms with van der Waals surface area (Å²) >= 11 is 7.00. The highest BCUT2D eigenvalue weighted by molar-refractivity contribution is 9.13. The molecule has 0 fully saturated rings. The summed E-state index contributed by atoms with van der Waals surface area (Å²) in [6.45, 7) is 3.89. The zero-order valence-corrected chi connectivity index (χ0v) is 12.9. The second-order valence-corrected chi connectivity index (χ2v) is 5.61.